The first-order valence-electron chi connectivity index (χ1n) is 4.50. The second-order valence-corrected chi connectivity index (χ2v) is 3.27. The second-order valence-electron chi connectivity index (χ2n) is 3.27. The second kappa shape index (κ2) is 4.84. The number of nitrogens with two attached hydrogens (primary N) is 1. The molecule has 0 bridgehead atoms. The summed E-state index contributed by atoms with van der Waals surface area (Å²) in [4.78, 5) is 11.4. The predicted octanol–water partition coefficient (Wildman–Crippen LogP) is 1.04. The van der Waals surface area contributed by atoms with Crippen molar-refractivity contribution >= 4 is 5.91 Å². The van der Waals surface area contributed by atoms with E-state index in [2.05, 4.69) is 5.32 Å². The van der Waals surface area contributed by atoms with Gasteiger partial charge < -0.3 is 11.1 Å². The lowest BCUT2D eigenvalue weighted by molar-refractivity contribution is 0.0940. The Kier molecular flexibility index (Phi) is 3.74. The van der Waals surface area contributed by atoms with Crippen molar-refractivity contribution in [2.45, 2.75) is 13.0 Å². The van der Waals surface area contributed by atoms with Crippen LogP contribution in [-0.4, -0.2) is 18.5 Å². The Morgan fingerprint density at radius 3 is 2.40 bits per heavy atom. The summed E-state index contributed by atoms with van der Waals surface area (Å²) < 4.78 is 25.5. The van der Waals surface area contributed by atoms with E-state index in [1.165, 1.54) is 0 Å². The Morgan fingerprint density at radius 1 is 1.40 bits per heavy atom. The molecule has 82 valence electrons. The average molecular weight is 214 g/mol. The third kappa shape index (κ3) is 3.28. The van der Waals surface area contributed by atoms with Crippen LogP contribution in [0.5, 0.6) is 0 Å². The van der Waals surface area contributed by atoms with E-state index in [0.717, 1.165) is 12.1 Å². The van der Waals surface area contributed by atoms with Crippen LogP contribution in [0.2, 0.25) is 0 Å². The normalized spacial score (nSPS) is 12.3. The van der Waals surface area contributed by atoms with Crippen molar-refractivity contribution in [1.82, 2.24) is 5.32 Å². The summed E-state index contributed by atoms with van der Waals surface area (Å²) in [5.74, 6) is -2.09. The monoisotopic (exact) mass is 214 g/mol. The van der Waals surface area contributed by atoms with E-state index in [-0.39, 0.29) is 18.2 Å². The molecule has 3 N–H and O–H groups in total. The number of carbonyl (C=O) groups excluding carboxylic acids is 1. The largest absolute Gasteiger partial charge is 0.348 e. The molecule has 0 spiro atoms. The first-order valence-corrected chi connectivity index (χ1v) is 4.50. The number of carbonyl (C=O) groups is 1. The van der Waals surface area contributed by atoms with Crippen molar-refractivity contribution in [2.24, 2.45) is 5.73 Å². The van der Waals surface area contributed by atoms with Crippen molar-refractivity contribution in [2.75, 3.05) is 6.54 Å². The fourth-order valence-electron chi connectivity index (χ4n) is 1.05. The summed E-state index contributed by atoms with van der Waals surface area (Å²) in [6.45, 7) is 1.97. The molecule has 0 aliphatic rings. The van der Waals surface area contributed by atoms with Crippen molar-refractivity contribution < 1.29 is 13.6 Å². The number of nitrogens with one attached hydrogen (secondary N) is 1. The smallest absolute Gasteiger partial charge is 0.251 e. The predicted molar refractivity (Wildman–Crippen MR) is 52.3 cm³/mol. The Balaban J connectivity index is 2.82. The van der Waals surface area contributed by atoms with Crippen LogP contribution in [0.3, 0.4) is 0 Å². The Morgan fingerprint density at radius 2 is 1.93 bits per heavy atom. The molecule has 1 atom stereocenters. The highest BCUT2D eigenvalue weighted by molar-refractivity contribution is 5.94. The summed E-state index contributed by atoms with van der Waals surface area (Å²) in [5.41, 5.74) is 5.25. The van der Waals surface area contributed by atoms with Gasteiger partial charge in [0.15, 0.2) is 0 Å². The van der Waals surface area contributed by atoms with Gasteiger partial charge in [-0.25, -0.2) is 8.78 Å². The summed E-state index contributed by atoms with van der Waals surface area (Å²) in [5, 5.41) is 2.50. The molecule has 3 nitrogen and oxygen atoms in total. The zero-order valence-corrected chi connectivity index (χ0v) is 8.26. The van der Waals surface area contributed by atoms with Crippen LogP contribution in [0, 0.1) is 11.6 Å². The Hall–Kier alpha value is -1.49. The van der Waals surface area contributed by atoms with Gasteiger partial charge in [0.05, 0.1) is 0 Å². The summed E-state index contributed by atoms with van der Waals surface area (Å²) in [7, 11) is 0. The van der Waals surface area contributed by atoms with Gasteiger partial charge in [-0.1, -0.05) is 0 Å². The molecule has 1 aromatic rings. The van der Waals surface area contributed by atoms with E-state index in [0.29, 0.717) is 6.07 Å². The van der Waals surface area contributed by atoms with E-state index in [9.17, 15) is 13.6 Å². The molecule has 1 rings (SSSR count). The number of amides is 1. The Bertz CT molecular complexity index is 348. The average Bonchev–Trinajstić information content (AvgIpc) is 2.16. The molecule has 0 radical (unpaired) electrons. The zero-order valence-electron chi connectivity index (χ0n) is 8.26. The maximum Gasteiger partial charge on any atom is 0.251 e. The molecule has 0 aromatic heterocycles. The van der Waals surface area contributed by atoms with Crippen molar-refractivity contribution in [1.29, 1.82) is 0 Å². The highest BCUT2D eigenvalue weighted by atomic mass is 19.1. The van der Waals surface area contributed by atoms with E-state index >= 15 is 0 Å². The quantitative estimate of drug-likeness (QED) is 0.790. The lowest BCUT2D eigenvalue weighted by atomic mass is 10.2. The number of hydrogen-bond acceptors (Lipinski definition) is 2. The van der Waals surface area contributed by atoms with Crippen molar-refractivity contribution in [3.8, 4) is 0 Å². The molecule has 0 aliphatic carbocycles. The zero-order chi connectivity index (χ0) is 11.4. The van der Waals surface area contributed by atoms with Crippen LogP contribution in [0.25, 0.3) is 0 Å². The number of benzene rings is 1. The SMILES string of the molecule is C[C@@H](CN)NC(=O)c1cc(F)cc(F)c1. The third-order valence-electron chi connectivity index (χ3n) is 1.86. The summed E-state index contributed by atoms with van der Waals surface area (Å²) in [6, 6.07) is 2.43. The minimum Gasteiger partial charge on any atom is -0.348 e. The van der Waals surface area contributed by atoms with Crippen LogP contribution in [0.4, 0.5) is 8.78 Å². The van der Waals surface area contributed by atoms with Gasteiger partial charge in [-0.05, 0) is 19.1 Å². The highest BCUT2D eigenvalue weighted by Gasteiger charge is 2.10. The molecule has 0 heterocycles. The standard InChI is InChI=1S/C10H12F2N2O/c1-6(5-13)14-10(15)7-2-8(11)4-9(12)3-7/h2-4,6H,5,13H2,1H3,(H,14,15)/t6-/m0/s1. The lowest BCUT2D eigenvalue weighted by Gasteiger charge is -2.11. The van der Waals surface area contributed by atoms with Gasteiger partial charge in [-0.15, -0.1) is 0 Å². The molecule has 1 amide bonds. The fraction of sp³-hybridized carbons (Fsp3) is 0.300. The van der Waals surface area contributed by atoms with Gasteiger partial charge in [-0.3, -0.25) is 4.79 Å². The number of halogens is 2. The van der Waals surface area contributed by atoms with Crippen LogP contribution < -0.4 is 11.1 Å². The first-order chi connectivity index (χ1) is 7.02. The molecule has 0 saturated heterocycles. The third-order valence-corrected chi connectivity index (χ3v) is 1.86. The molecule has 5 heteroatoms. The van der Waals surface area contributed by atoms with Gasteiger partial charge in [0.25, 0.3) is 5.91 Å². The minimum absolute atomic E-state index is 0.0483. The molecule has 15 heavy (non-hydrogen) atoms. The fourth-order valence-corrected chi connectivity index (χ4v) is 1.05. The maximum atomic E-state index is 12.8. The maximum absolute atomic E-state index is 12.8. The number of hydrogen-bond donors (Lipinski definition) is 2. The first kappa shape index (κ1) is 11.6. The molecule has 0 saturated carbocycles. The topological polar surface area (TPSA) is 55.1 Å². The van der Waals surface area contributed by atoms with Crippen LogP contribution in [0.15, 0.2) is 18.2 Å². The Labute approximate surface area is 86.3 Å². The molecule has 1 aromatic carbocycles. The molecule has 0 aliphatic heterocycles. The van der Waals surface area contributed by atoms with E-state index in [1.807, 2.05) is 0 Å². The van der Waals surface area contributed by atoms with Gasteiger partial charge >= 0.3 is 0 Å². The van der Waals surface area contributed by atoms with Crippen LogP contribution >= 0.6 is 0 Å². The molecular formula is C10H12F2N2O. The van der Waals surface area contributed by atoms with E-state index < -0.39 is 17.5 Å². The van der Waals surface area contributed by atoms with Crippen LogP contribution in [-0.2, 0) is 0 Å². The molecule has 0 fully saturated rings. The number of rotatable bonds is 3. The lowest BCUT2D eigenvalue weighted by Crippen LogP contribution is -2.37. The molecular weight excluding hydrogens is 202 g/mol. The summed E-state index contributed by atoms with van der Waals surface area (Å²) >= 11 is 0. The van der Waals surface area contributed by atoms with Crippen LogP contribution in [0.1, 0.15) is 17.3 Å². The van der Waals surface area contributed by atoms with Gasteiger partial charge in [0, 0.05) is 24.2 Å². The summed E-state index contributed by atoms with van der Waals surface area (Å²) in [6.07, 6.45) is 0. The van der Waals surface area contributed by atoms with E-state index in [1.54, 1.807) is 6.92 Å². The highest BCUT2D eigenvalue weighted by Crippen LogP contribution is 2.07. The van der Waals surface area contributed by atoms with E-state index in [4.69, 9.17) is 5.73 Å². The van der Waals surface area contributed by atoms with Gasteiger partial charge in [0.1, 0.15) is 11.6 Å². The van der Waals surface area contributed by atoms with Crippen molar-refractivity contribution in [3.63, 3.8) is 0 Å². The minimum atomic E-state index is -0.777. The van der Waals surface area contributed by atoms with Gasteiger partial charge in [0.2, 0.25) is 0 Å². The van der Waals surface area contributed by atoms with Gasteiger partial charge in [-0.2, -0.15) is 0 Å². The molecule has 0 unspecified atom stereocenters. The van der Waals surface area contributed by atoms with Crippen molar-refractivity contribution in [3.05, 3.63) is 35.4 Å².